The maximum atomic E-state index is 11.6. The van der Waals surface area contributed by atoms with Gasteiger partial charge >= 0.3 is 0 Å². The minimum Gasteiger partial charge on any atom is -0.340 e. The Morgan fingerprint density at radius 1 is 1.71 bits per heavy atom. The van der Waals surface area contributed by atoms with E-state index in [1.54, 1.807) is 16.2 Å². The van der Waals surface area contributed by atoms with E-state index in [0.717, 1.165) is 0 Å². The van der Waals surface area contributed by atoms with Crippen LogP contribution in [-0.2, 0) is 11.3 Å². The van der Waals surface area contributed by atoms with E-state index >= 15 is 0 Å². The van der Waals surface area contributed by atoms with Gasteiger partial charge in [-0.2, -0.15) is 0 Å². The van der Waals surface area contributed by atoms with Gasteiger partial charge in [0.15, 0.2) is 0 Å². The number of halogens is 1. The summed E-state index contributed by atoms with van der Waals surface area (Å²) in [6.45, 7) is 2.53. The molecule has 1 atom stereocenters. The van der Waals surface area contributed by atoms with Crippen molar-refractivity contribution in [3.05, 3.63) is 22.4 Å². The van der Waals surface area contributed by atoms with Crippen LogP contribution in [0.3, 0.4) is 0 Å². The molecule has 0 spiro atoms. The largest absolute Gasteiger partial charge is 0.340 e. The van der Waals surface area contributed by atoms with Crippen LogP contribution in [-0.4, -0.2) is 23.7 Å². The van der Waals surface area contributed by atoms with E-state index in [0.29, 0.717) is 12.4 Å². The molecule has 2 nitrogen and oxygen atoms in total. The number of nitrogens with zero attached hydrogens (tertiary/aromatic N) is 1. The number of amides is 1. The Hall–Kier alpha value is -0.540. The maximum Gasteiger partial charge on any atom is 0.226 e. The SMILES string of the molecule is CC(CCl)C(=O)N(C)Cc1cccs1. The molecule has 1 aromatic heterocycles. The first-order chi connectivity index (χ1) is 6.65. The zero-order valence-corrected chi connectivity index (χ0v) is 9.94. The Morgan fingerprint density at radius 2 is 2.43 bits per heavy atom. The van der Waals surface area contributed by atoms with Gasteiger partial charge in [-0.25, -0.2) is 0 Å². The summed E-state index contributed by atoms with van der Waals surface area (Å²) in [7, 11) is 1.81. The topological polar surface area (TPSA) is 20.3 Å². The third-order valence-corrected chi connectivity index (χ3v) is 3.33. The van der Waals surface area contributed by atoms with Crippen molar-refractivity contribution in [2.75, 3.05) is 12.9 Å². The molecule has 0 bridgehead atoms. The molecular formula is C10H14ClNOS. The van der Waals surface area contributed by atoms with Crippen molar-refractivity contribution in [2.24, 2.45) is 5.92 Å². The fourth-order valence-corrected chi connectivity index (χ4v) is 2.05. The van der Waals surface area contributed by atoms with Gasteiger partial charge in [0.25, 0.3) is 0 Å². The summed E-state index contributed by atoms with van der Waals surface area (Å²) < 4.78 is 0. The molecule has 1 rings (SSSR count). The number of carbonyl (C=O) groups excluding carboxylic acids is 1. The van der Waals surface area contributed by atoms with Gasteiger partial charge in [0, 0.05) is 23.7 Å². The Kier molecular flexibility index (Phi) is 4.42. The van der Waals surface area contributed by atoms with Crippen LogP contribution in [0.25, 0.3) is 0 Å². The lowest BCUT2D eigenvalue weighted by Crippen LogP contribution is -2.31. The van der Waals surface area contributed by atoms with Crippen LogP contribution in [0, 0.1) is 5.92 Å². The molecule has 0 fully saturated rings. The third kappa shape index (κ3) is 3.00. The van der Waals surface area contributed by atoms with Crippen molar-refractivity contribution in [3.63, 3.8) is 0 Å². The van der Waals surface area contributed by atoms with Gasteiger partial charge in [0.2, 0.25) is 5.91 Å². The maximum absolute atomic E-state index is 11.6. The van der Waals surface area contributed by atoms with Crippen molar-refractivity contribution >= 4 is 28.8 Å². The van der Waals surface area contributed by atoms with E-state index < -0.39 is 0 Å². The Labute approximate surface area is 93.5 Å². The molecule has 0 aliphatic carbocycles. The lowest BCUT2D eigenvalue weighted by Gasteiger charge is -2.19. The molecule has 1 aromatic rings. The molecule has 1 heterocycles. The first-order valence-electron chi connectivity index (χ1n) is 4.48. The van der Waals surface area contributed by atoms with Crippen molar-refractivity contribution in [3.8, 4) is 0 Å². The highest BCUT2D eigenvalue weighted by Crippen LogP contribution is 2.12. The number of alkyl halides is 1. The van der Waals surface area contributed by atoms with E-state index in [1.165, 1.54) is 4.88 Å². The summed E-state index contributed by atoms with van der Waals surface area (Å²) in [4.78, 5) is 14.6. The van der Waals surface area contributed by atoms with E-state index in [4.69, 9.17) is 11.6 Å². The van der Waals surface area contributed by atoms with Crippen LogP contribution in [0.4, 0.5) is 0 Å². The third-order valence-electron chi connectivity index (χ3n) is 2.00. The first kappa shape index (κ1) is 11.5. The highest BCUT2D eigenvalue weighted by molar-refractivity contribution is 7.09. The number of thiophene rings is 1. The van der Waals surface area contributed by atoms with Gasteiger partial charge in [-0.1, -0.05) is 13.0 Å². The first-order valence-corrected chi connectivity index (χ1v) is 5.90. The summed E-state index contributed by atoms with van der Waals surface area (Å²) in [6.07, 6.45) is 0. The molecule has 0 aromatic carbocycles. The molecule has 0 saturated heterocycles. The Balaban J connectivity index is 2.50. The molecule has 1 amide bonds. The van der Waals surface area contributed by atoms with E-state index in [2.05, 4.69) is 0 Å². The second kappa shape index (κ2) is 5.37. The van der Waals surface area contributed by atoms with Crippen molar-refractivity contribution in [2.45, 2.75) is 13.5 Å². The molecule has 0 aliphatic rings. The number of hydrogen-bond donors (Lipinski definition) is 0. The van der Waals surface area contributed by atoms with Gasteiger partial charge in [-0.3, -0.25) is 4.79 Å². The lowest BCUT2D eigenvalue weighted by molar-refractivity contribution is -0.133. The van der Waals surface area contributed by atoms with E-state index in [9.17, 15) is 4.79 Å². The molecule has 0 N–H and O–H groups in total. The second-order valence-corrected chi connectivity index (χ2v) is 4.67. The van der Waals surface area contributed by atoms with Crippen LogP contribution in [0.5, 0.6) is 0 Å². The van der Waals surface area contributed by atoms with Gasteiger partial charge in [0.1, 0.15) is 0 Å². The van der Waals surface area contributed by atoms with Gasteiger partial charge < -0.3 is 4.90 Å². The zero-order valence-electron chi connectivity index (χ0n) is 8.37. The summed E-state index contributed by atoms with van der Waals surface area (Å²) in [6, 6.07) is 4.02. The van der Waals surface area contributed by atoms with Crippen LogP contribution in [0.2, 0.25) is 0 Å². The average molecular weight is 232 g/mol. The van der Waals surface area contributed by atoms with Crippen LogP contribution in [0.1, 0.15) is 11.8 Å². The predicted molar refractivity (Wildman–Crippen MR) is 60.7 cm³/mol. The normalized spacial score (nSPS) is 12.5. The molecule has 0 aliphatic heterocycles. The molecule has 14 heavy (non-hydrogen) atoms. The van der Waals surface area contributed by atoms with Crippen molar-refractivity contribution < 1.29 is 4.79 Å². The van der Waals surface area contributed by atoms with Gasteiger partial charge in [-0.05, 0) is 11.4 Å². The summed E-state index contributed by atoms with van der Waals surface area (Å²) in [5.74, 6) is 0.392. The average Bonchev–Trinajstić information content (AvgIpc) is 2.68. The van der Waals surface area contributed by atoms with Gasteiger partial charge in [0.05, 0.1) is 6.54 Å². The fraction of sp³-hybridized carbons (Fsp3) is 0.500. The van der Waals surface area contributed by atoms with Crippen molar-refractivity contribution in [1.82, 2.24) is 4.90 Å². The van der Waals surface area contributed by atoms with E-state index in [-0.39, 0.29) is 11.8 Å². The smallest absolute Gasteiger partial charge is 0.226 e. The summed E-state index contributed by atoms with van der Waals surface area (Å²) in [5.41, 5.74) is 0. The minimum absolute atomic E-state index is 0.0957. The van der Waals surface area contributed by atoms with E-state index in [1.807, 2.05) is 31.5 Å². The number of rotatable bonds is 4. The molecule has 4 heteroatoms. The Morgan fingerprint density at radius 3 is 2.93 bits per heavy atom. The van der Waals surface area contributed by atoms with Crippen LogP contribution >= 0.6 is 22.9 Å². The van der Waals surface area contributed by atoms with Crippen LogP contribution < -0.4 is 0 Å². The predicted octanol–water partition coefficient (Wildman–Crippen LogP) is 2.58. The molecular weight excluding hydrogens is 218 g/mol. The molecule has 0 radical (unpaired) electrons. The van der Waals surface area contributed by atoms with Gasteiger partial charge in [-0.15, -0.1) is 22.9 Å². The number of carbonyl (C=O) groups is 1. The minimum atomic E-state index is -0.0957. The summed E-state index contributed by atoms with van der Waals surface area (Å²) >= 11 is 7.29. The number of hydrogen-bond acceptors (Lipinski definition) is 2. The standard InChI is InChI=1S/C10H14ClNOS/c1-8(6-11)10(13)12(2)7-9-4-3-5-14-9/h3-5,8H,6-7H2,1-2H3. The monoisotopic (exact) mass is 231 g/mol. The Bertz CT molecular complexity index is 286. The molecule has 0 saturated carbocycles. The quantitative estimate of drug-likeness (QED) is 0.730. The second-order valence-electron chi connectivity index (χ2n) is 3.33. The van der Waals surface area contributed by atoms with Crippen molar-refractivity contribution in [1.29, 1.82) is 0 Å². The molecule has 1 unspecified atom stereocenters. The highest BCUT2D eigenvalue weighted by atomic mass is 35.5. The molecule has 78 valence electrons. The summed E-state index contributed by atoms with van der Waals surface area (Å²) in [5, 5.41) is 2.01. The fourth-order valence-electron chi connectivity index (χ4n) is 1.16. The zero-order chi connectivity index (χ0) is 10.6. The van der Waals surface area contributed by atoms with Crippen LogP contribution in [0.15, 0.2) is 17.5 Å². The lowest BCUT2D eigenvalue weighted by atomic mass is 10.2. The highest BCUT2D eigenvalue weighted by Gasteiger charge is 2.16.